The molecule has 1 aromatic rings. The smallest absolute Gasteiger partial charge is 0.446 e. The summed E-state index contributed by atoms with van der Waals surface area (Å²) < 4.78 is 110. The van der Waals surface area contributed by atoms with Gasteiger partial charge in [-0.2, -0.15) is 35.1 Å². The van der Waals surface area contributed by atoms with E-state index in [1.54, 1.807) is 0 Å². The van der Waals surface area contributed by atoms with Crippen molar-refractivity contribution in [2.75, 3.05) is 0 Å². The summed E-state index contributed by atoms with van der Waals surface area (Å²) in [5.74, 6) is -7.14. The third kappa shape index (κ3) is 2.54. The van der Waals surface area contributed by atoms with Gasteiger partial charge in [-0.05, 0) is 6.07 Å². The summed E-state index contributed by atoms with van der Waals surface area (Å²) in [4.78, 5) is 9.29. The number of nitro benzene ring substituents is 1. The molecular formula is C10H3F8NO4. The maximum atomic E-state index is 13.7. The first-order valence-electron chi connectivity index (χ1n) is 5.41. The summed E-state index contributed by atoms with van der Waals surface area (Å²) in [7, 11) is 0. The van der Waals surface area contributed by atoms with Gasteiger partial charge in [0.05, 0.1) is 10.5 Å². The Morgan fingerprint density at radius 2 is 1.57 bits per heavy atom. The topological polar surface area (TPSA) is 61.6 Å². The lowest BCUT2D eigenvalue weighted by molar-refractivity contribution is -0.506. The average Bonchev–Trinajstić information content (AvgIpc) is 2.34. The molecule has 0 aliphatic carbocycles. The summed E-state index contributed by atoms with van der Waals surface area (Å²) in [5, 5.41) is 10.5. The van der Waals surface area contributed by atoms with Crippen LogP contribution in [0.1, 0.15) is 5.56 Å². The molecule has 0 radical (unpaired) electrons. The molecule has 1 aliphatic rings. The number of benzene rings is 1. The van der Waals surface area contributed by atoms with Crippen LogP contribution in [0.5, 0.6) is 5.75 Å². The van der Waals surface area contributed by atoms with Crippen LogP contribution in [0.25, 0.3) is 0 Å². The fraction of sp³-hybridized carbons (Fsp3) is 0.400. The van der Waals surface area contributed by atoms with Crippen LogP contribution >= 0.6 is 0 Å². The first kappa shape index (κ1) is 17.2. The van der Waals surface area contributed by atoms with Gasteiger partial charge in [0, 0.05) is 12.1 Å². The Morgan fingerprint density at radius 3 is 2.00 bits per heavy atom. The molecule has 0 amide bonds. The molecule has 0 fully saturated rings. The number of halogens is 8. The molecule has 0 saturated carbocycles. The van der Waals surface area contributed by atoms with Crippen LogP contribution in [0.2, 0.25) is 0 Å². The minimum atomic E-state index is -6.39. The fourth-order valence-electron chi connectivity index (χ4n) is 1.75. The second-order valence-electron chi connectivity index (χ2n) is 4.27. The predicted octanol–water partition coefficient (Wildman–Crippen LogP) is 3.87. The molecule has 0 bridgehead atoms. The Hall–Kier alpha value is -2.18. The maximum absolute atomic E-state index is 13.7. The molecule has 0 unspecified atom stereocenters. The zero-order valence-corrected chi connectivity index (χ0v) is 10.3. The van der Waals surface area contributed by atoms with E-state index in [9.17, 15) is 45.2 Å². The Kier molecular flexibility index (Phi) is 3.48. The van der Waals surface area contributed by atoms with E-state index in [1.807, 2.05) is 0 Å². The van der Waals surface area contributed by atoms with Crippen molar-refractivity contribution in [3.05, 3.63) is 33.9 Å². The van der Waals surface area contributed by atoms with Crippen molar-refractivity contribution in [3.8, 4) is 5.75 Å². The summed E-state index contributed by atoms with van der Waals surface area (Å²) in [6.07, 6.45) is -17.9. The van der Waals surface area contributed by atoms with Crippen molar-refractivity contribution in [1.82, 2.24) is 0 Å². The highest BCUT2D eigenvalue weighted by molar-refractivity contribution is 5.46. The van der Waals surface area contributed by atoms with Gasteiger partial charge < -0.3 is 4.74 Å². The monoisotopic (exact) mass is 353 g/mol. The number of hydrogen-bond donors (Lipinski definition) is 0. The predicted molar refractivity (Wildman–Crippen MR) is 53.5 cm³/mol. The second kappa shape index (κ2) is 4.66. The molecule has 0 atom stereocenters. The lowest BCUT2D eigenvalue weighted by Gasteiger charge is -2.42. The Balaban J connectivity index is 2.68. The first-order valence-corrected chi connectivity index (χ1v) is 5.41. The maximum Gasteiger partial charge on any atom is 0.465 e. The number of non-ortho nitro benzene ring substituents is 1. The molecule has 0 spiro atoms. The van der Waals surface area contributed by atoms with Gasteiger partial charge in [0.25, 0.3) is 5.69 Å². The van der Waals surface area contributed by atoms with E-state index in [0.717, 1.165) is 0 Å². The SMILES string of the molecule is O=[N+]([O-])c1ccc2c(c1)C(F)(F)OC(C(F)(F)F)(C(F)(F)F)O2. The molecule has 1 heterocycles. The number of alkyl halides is 8. The van der Waals surface area contributed by atoms with E-state index in [-0.39, 0.29) is 12.1 Å². The minimum absolute atomic E-state index is 0.0615. The normalized spacial score (nSPS) is 19.7. The zero-order valence-electron chi connectivity index (χ0n) is 10.3. The number of nitrogens with zero attached hydrogens (tertiary/aromatic N) is 1. The lowest BCUT2D eigenvalue weighted by atomic mass is 10.1. The van der Waals surface area contributed by atoms with E-state index in [1.165, 1.54) is 0 Å². The molecular weight excluding hydrogens is 350 g/mol. The van der Waals surface area contributed by atoms with Crippen LogP contribution in [0.4, 0.5) is 40.8 Å². The Morgan fingerprint density at radius 1 is 1.04 bits per heavy atom. The van der Waals surface area contributed by atoms with Crippen LogP contribution in [-0.4, -0.2) is 23.1 Å². The number of hydrogen-bond acceptors (Lipinski definition) is 4. The fourth-order valence-corrected chi connectivity index (χ4v) is 1.75. The Bertz CT molecular complexity index is 639. The molecule has 1 aromatic carbocycles. The van der Waals surface area contributed by atoms with Crippen LogP contribution in [0.15, 0.2) is 18.2 Å². The molecule has 23 heavy (non-hydrogen) atoms. The van der Waals surface area contributed by atoms with Gasteiger partial charge in [-0.3, -0.25) is 14.9 Å². The van der Waals surface area contributed by atoms with Gasteiger partial charge in [0.1, 0.15) is 5.75 Å². The molecule has 128 valence electrons. The average molecular weight is 353 g/mol. The van der Waals surface area contributed by atoms with Crippen molar-refractivity contribution < 1.29 is 49.5 Å². The van der Waals surface area contributed by atoms with Crippen molar-refractivity contribution in [3.63, 3.8) is 0 Å². The zero-order chi connectivity index (χ0) is 17.8. The highest BCUT2D eigenvalue weighted by atomic mass is 19.4. The summed E-state index contributed by atoms with van der Waals surface area (Å²) in [5.41, 5.74) is -2.63. The highest BCUT2D eigenvalue weighted by Crippen LogP contribution is 2.56. The summed E-state index contributed by atoms with van der Waals surface area (Å²) in [6, 6.07) is 0.680. The number of ether oxygens (including phenoxy) is 2. The molecule has 13 heteroatoms. The molecule has 0 N–H and O–H groups in total. The van der Waals surface area contributed by atoms with Crippen LogP contribution in [0, 0.1) is 10.1 Å². The van der Waals surface area contributed by atoms with E-state index in [2.05, 4.69) is 9.47 Å². The van der Waals surface area contributed by atoms with E-state index in [0.29, 0.717) is 6.07 Å². The summed E-state index contributed by atoms with van der Waals surface area (Å²) >= 11 is 0. The van der Waals surface area contributed by atoms with E-state index >= 15 is 0 Å². The minimum Gasteiger partial charge on any atom is -0.446 e. The van der Waals surface area contributed by atoms with Gasteiger partial charge >= 0.3 is 24.2 Å². The second-order valence-corrected chi connectivity index (χ2v) is 4.27. The van der Waals surface area contributed by atoms with Gasteiger partial charge in [-0.15, -0.1) is 0 Å². The van der Waals surface area contributed by atoms with Crippen LogP contribution in [0.3, 0.4) is 0 Å². The van der Waals surface area contributed by atoms with Gasteiger partial charge in [-0.1, -0.05) is 0 Å². The molecule has 2 rings (SSSR count). The van der Waals surface area contributed by atoms with E-state index in [4.69, 9.17) is 0 Å². The summed E-state index contributed by atoms with van der Waals surface area (Å²) in [6.45, 7) is 0. The molecule has 1 aliphatic heterocycles. The first-order chi connectivity index (χ1) is 10.2. The van der Waals surface area contributed by atoms with Crippen molar-refractivity contribution in [2.45, 2.75) is 24.2 Å². The largest absolute Gasteiger partial charge is 0.465 e. The van der Waals surface area contributed by atoms with Crippen molar-refractivity contribution in [1.29, 1.82) is 0 Å². The molecule has 0 saturated heterocycles. The van der Waals surface area contributed by atoms with Gasteiger partial charge in [0.15, 0.2) is 0 Å². The standard InChI is InChI=1S/C10H3F8NO4/c11-7(12)5-3-4(19(20)21)1-2-6(5)22-8(23-7,9(13,14)15)10(16,17)18/h1-3H. The van der Waals surface area contributed by atoms with Crippen molar-refractivity contribution >= 4 is 5.69 Å². The number of nitro groups is 1. The molecule has 5 nitrogen and oxygen atoms in total. The molecule has 0 aromatic heterocycles. The lowest BCUT2D eigenvalue weighted by Crippen LogP contribution is -2.66. The highest BCUT2D eigenvalue weighted by Gasteiger charge is 2.80. The van der Waals surface area contributed by atoms with Gasteiger partial charge in [-0.25, -0.2) is 0 Å². The van der Waals surface area contributed by atoms with Gasteiger partial charge in [0.2, 0.25) is 0 Å². The van der Waals surface area contributed by atoms with Crippen LogP contribution in [-0.2, 0) is 10.8 Å². The third-order valence-corrected chi connectivity index (χ3v) is 2.76. The quantitative estimate of drug-likeness (QED) is 0.437. The van der Waals surface area contributed by atoms with Crippen LogP contribution < -0.4 is 4.74 Å². The Labute approximate surface area is 120 Å². The number of rotatable bonds is 1. The van der Waals surface area contributed by atoms with Crippen molar-refractivity contribution in [2.24, 2.45) is 0 Å². The third-order valence-electron chi connectivity index (χ3n) is 2.76. The van der Waals surface area contributed by atoms with E-state index < -0.39 is 46.2 Å². The number of fused-ring (bicyclic) bond motifs is 1.